The summed E-state index contributed by atoms with van der Waals surface area (Å²) in [5.74, 6) is 0. The molecule has 0 aromatic carbocycles. The molecule has 1 saturated heterocycles. The summed E-state index contributed by atoms with van der Waals surface area (Å²) >= 11 is 1.80. The summed E-state index contributed by atoms with van der Waals surface area (Å²) in [5, 5.41) is 0. The molecule has 2 heterocycles. The van der Waals surface area contributed by atoms with E-state index >= 15 is 0 Å². The van der Waals surface area contributed by atoms with E-state index in [2.05, 4.69) is 30.7 Å². The van der Waals surface area contributed by atoms with Gasteiger partial charge in [0.25, 0.3) is 0 Å². The molecule has 0 bridgehead atoms. The molecule has 0 aliphatic carbocycles. The molecule has 2 rings (SSSR count). The van der Waals surface area contributed by atoms with Crippen molar-refractivity contribution in [3.63, 3.8) is 0 Å². The van der Waals surface area contributed by atoms with Crippen LogP contribution in [0.2, 0.25) is 0 Å². The third-order valence-corrected chi connectivity index (χ3v) is 5.05. The first-order valence-corrected chi connectivity index (χ1v) is 7.62. The van der Waals surface area contributed by atoms with Crippen molar-refractivity contribution in [3.05, 3.63) is 16.1 Å². The zero-order valence-electron chi connectivity index (χ0n) is 11.3. The van der Waals surface area contributed by atoms with E-state index in [4.69, 9.17) is 0 Å². The number of aromatic nitrogens is 1. The Hall–Kier alpha value is -0.410. The molecule has 1 aromatic heterocycles. The number of aryl methyl sites for hydroxylation is 1. The second kappa shape index (κ2) is 5.49. The Morgan fingerprint density at radius 1 is 1.41 bits per heavy atom. The van der Waals surface area contributed by atoms with Gasteiger partial charge in [-0.05, 0) is 44.7 Å². The van der Waals surface area contributed by atoms with Gasteiger partial charge in [-0.1, -0.05) is 20.3 Å². The predicted molar refractivity (Wildman–Crippen MR) is 74.4 cm³/mol. The number of likely N-dealkylation sites (tertiary alicyclic amines) is 1. The van der Waals surface area contributed by atoms with Crippen molar-refractivity contribution in [3.8, 4) is 0 Å². The minimum absolute atomic E-state index is 0.605. The lowest BCUT2D eigenvalue weighted by atomic mass is 9.77. The number of thiazole rings is 1. The van der Waals surface area contributed by atoms with Gasteiger partial charge >= 0.3 is 0 Å². The van der Waals surface area contributed by atoms with Gasteiger partial charge in [0.05, 0.1) is 11.2 Å². The summed E-state index contributed by atoms with van der Waals surface area (Å²) in [6, 6.07) is 0. The Balaban J connectivity index is 1.85. The largest absolute Gasteiger partial charge is 0.298 e. The van der Waals surface area contributed by atoms with Crippen LogP contribution in [0.4, 0.5) is 0 Å². The van der Waals surface area contributed by atoms with Crippen LogP contribution in [0, 0.1) is 12.3 Å². The van der Waals surface area contributed by atoms with E-state index in [9.17, 15) is 0 Å². The van der Waals surface area contributed by atoms with E-state index in [1.165, 1.54) is 49.3 Å². The average Bonchev–Trinajstić information content (AvgIpc) is 2.68. The molecule has 0 N–H and O–H groups in total. The zero-order chi connectivity index (χ0) is 12.3. The van der Waals surface area contributed by atoms with Crippen molar-refractivity contribution in [1.29, 1.82) is 0 Å². The van der Waals surface area contributed by atoms with Gasteiger partial charge in [0.15, 0.2) is 0 Å². The average molecular weight is 252 g/mol. The monoisotopic (exact) mass is 252 g/mol. The summed E-state index contributed by atoms with van der Waals surface area (Å²) in [7, 11) is 0. The Labute approximate surface area is 109 Å². The molecule has 1 fully saturated rings. The van der Waals surface area contributed by atoms with Gasteiger partial charge in [0.1, 0.15) is 0 Å². The summed E-state index contributed by atoms with van der Waals surface area (Å²) in [4.78, 5) is 8.38. The van der Waals surface area contributed by atoms with E-state index in [-0.39, 0.29) is 0 Å². The lowest BCUT2D eigenvalue weighted by Gasteiger charge is -2.39. The van der Waals surface area contributed by atoms with Gasteiger partial charge < -0.3 is 0 Å². The standard InChI is InChI=1S/C14H24N2S/c1-4-5-14(3)6-8-16(9-7-14)10-13-12(2)15-11-17-13/h11H,4-10H2,1-3H3. The van der Waals surface area contributed by atoms with Crippen LogP contribution in [0.25, 0.3) is 0 Å². The molecule has 17 heavy (non-hydrogen) atoms. The lowest BCUT2D eigenvalue weighted by Crippen LogP contribution is -2.38. The highest BCUT2D eigenvalue weighted by Gasteiger charge is 2.29. The maximum absolute atomic E-state index is 4.33. The minimum atomic E-state index is 0.605. The number of piperidine rings is 1. The molecule has 96 valence electrons. The van der Waals surface area contributed by atoms with Crippen molar-refractivity contribution < 1.29 is 0 Å². The molecular formula is C14H24N2S. The van der Waals surface area contributed by atoms with Gasteiger partial charge in [-0.2, -0.15) is 0 Å². The van der Waals surface area contributed by atoms with Crippen LogP contribution in [0.15, 0.2) is 5.51 Å². The molecule has 0 unspecified atom stereocenters. The maximum Gasteiger partial charge on any atom is 0.0798 e. The van der Waals surface area contributed by atoms with Crippen molar-refractivity contribution in [2.45, 2.75) is 53.0 Å². The molecule has 2 nitrogen and oxygen atoms in total. The van der Waals surface area contributed by atoms with Gasteiger partial charge in [-0.25, -0.2) is 4.98 Å². The second-order valence-corrected chi connectivity index (χ2v) is 6.64. The van der Waals surface area contributed by atoms with Crippen molar-refractivity contribution in [2.24, 2.45) is 5.41 Å². The van der Waals surface area contributed by atoms with Crippen LogP contribution in [0.3, 0.4) is 0 Å². The molecular weight excluding hydrogens is 228 g/mol. The van der Waals surface area contributed by atoms with Crippen molar-refractivity contribution in [1.82, 2.24) is 9.88 Å². The van der Waals surface area contributed by atoms with E-state index in [1.807, 2.05) is 5.51 Å². The van der Waals surface area contributed by atoms with E-state index < -0.39 is 0 Å². The normalized spacial score (nSPS) is 20.6. The Kier molecular flexibility index (Phi) is 4.21. The maximum atomic E-state index is 4.33. The summed E-state index contributed by atoms with van der Waals surface area (Å²) in [6.45, 7) is 10.5. The highest BCUT2D eigenvalue weighted by Crippen LogP contribution is 2.35. The Morgan fingerprint density at radius 3 is 2.65 bits per heavy atom. The Morgan fingerprint density at radius 2 is 2.12 bits per heavy atom. The highest BCUT2D eigenvalue weighted by molar-refractivity contribution is 7.09. The second-order valence-electron chi connectivity index (χ2n) is 5.70. The van der Waals surface area contributed by atoms with E-state index in [0.29, 0.717) is 5.41 Å². The first-order valence-electron chi connectivity index (χ1n) is 6.74. The van der Waals surface area contributed by atoms with Crippen molar-refractivity contribution >= 4 is 11.3 Å². The molecule has 0 saturated carbocycles. The van der Waals surface area contributed by atoms with Gasteiger partial charge in [-0.15, -0.1) is 11.3 Å². The third kappa shape index (κ3) is 3.29. The van der Waals surface area contributed by atoms with Crippen LogP contribution >= 0.6 is 11.3 Å². The van der Waals surface area contributed by atoms with Crippen LogP contribution in [-0.4, -0.2) is 23.0 Å². The van der Waals surface area contributed by atoms with Crippen LogP contribution < -0.4 is 0 Å². The predicted octanol–water partition coefficient (Wildman–Crippen LogP) is 3.85. The highest BCUT2D eigenvalue weighted by atomic mass is 32.1. The lowest BCUT2D eigenvalue weighted by molar-refractivity contribution is 0.105. The summed E-state index contributed by atoms with van der Waals surface area (Å²) in [6.07, 6.45) is 5.43. The molecule has 1 aliphatic rings. The fraction of sp³-hybridized carbons (Fsp3) is 0.786. The van der Waals surface area contributed by atoms with Gasteiger partial charge in [0, 0.05) is 11.4 Å². The molecule has 0 amide bonds. The number of hydrogen-bond donors (Lipinski definition) is 0. The quantitative estimate of drug-likeness (QED) is 0.809. The summed E-state index contributed by atoms with van der Waals surface area (Å²) < 4.78 is 0. The SMILES string of the molecule is CCCC1(C)CCN(Cc2scnc2C)CC1. The minimum Gasteiger partial charge on any atom is -0.298 e. The van der Waals surface area contributed by atoms with E-state index in [1.54, 1.807) is 11.3 Å². The number of nitrogens with zero attached hydrogens (tertiary/aromatic N) is 2. The molecule has 0 radical (unpaired) electrons. The first-order chi connectivity index (χ1) is 8.13. The molecule has 0 spiro atoms. The molecule has 0 atom stereocenters. The number of rotatable bonds is 4. The van der Waals surface area contributed by atoms with Crippen LogP contribution in [-0.2, 0) is 6.54 Å². The first kappa shape index (κ1) is 13.0. The molecule has 3 heteroatoms. The summed E-state index contributed by atoms with van der Waals surface area (Å²) in [5.41, 5.74) is 3.79. The smallest absolute Gasteiger partial charge is 0.0798 e. The topological polar surface area (TPSA) is 16.1 Å². The van der Waals surface area contributed by atoms with E-state index in [0.717, 1.165) is 6.54 Å². The van der Waals surface area contributed by atoms with Gasteiger partial charge in [0.2, 0.25) is 0 Å². The fourth-order valence-corrected chi connectivity index (χ4v) is 3.60. The zero-order valence-corrected chi connectivity index (χ0v) is 12.1. The fourth-order valence-electron chi connectivity index (χ4n) is 2.79. The third-order valence-electron chi connectivity index (χ3n) is 4.13. The molecule has 1 aliphatic heterocycles. The number of hydrogen-bond acceptors (Lipinski definition) is 3. The van der Waals surface area contributed by atoms with Crippen molar-refractivity contribution in [2.75, 3.05) is 13.1 Å². The van der Waals surface area contributed by atoms with Crippen LogP contribution in [0.5, 0.6) is 0 Å². The van der Waals surface area contributed by atoms with Gasteiger partial charge in [-0.3, -0.25) is 4.90 Å². The molecule has 1 aromatic rings. The Bertz CT molecular complexity index is 351. The van der Waals surface area contributed by atoms with Crippen LogP contribution in [0.1, 0.15) is 50.1 Å².